The first-order chi connectivity index (χ1) is 21.3. The molecule has 0 saturated heterocycles. The van der Waals surface area contributed by atoms with Gasteiger partial charge in [0.2, 0.25) is 0 Å². The number of ether oxygens (including phenoxy) is 2. The number of nitrogens with one attached hydrogen (secondary N) is 2. The van der Waals surface area contributed by atoms with Crippen molar-refractivity contribution in [2.24, 2.45) is 0 Å². The normalized spacial score (nSPS) is 21.9. The molecular formula is C32H32Br2N6O4. The van der Waals surface area contributed by atoms with Gasteiger partial charge in [-0.1, -0.05) is 31.9 Å². The van der Waals surface area contributed by atoms with Crippen molar-refractivity contribution in [2.45, 2.75) is 62.8 Å². The van der Waals surface area contributed by atoms with Gasteiger partial charge < -0.3 is 19.4 Å². The predicted octanol–water partition coefficient (Wildman–Crippen LogP) is 6.76. The zero-order valence-electron chi connectivity index (χ0n) is 24.3. The maximum absolute atomic E-state index is 12.5. The van der Waals surface area contributed by atoms with Crippen molar-refractivity contribution in [3.8, 4) is 0 Å². The Balaban J connectivity index is 0.000000142. The van der Waals surface area contributed by atoms with Crippen LogP contribution >= 0.6 is 31.9 Å². The lowest BCUT2D eigenvalue weighted by Crippen LogP contribution is -2.21. The van der Waals surface area contributed by atoms with Crippen LogP contribution in [0.1, 0.15) is 50.6 Å². The maximum atomic E-state index is 12.5. The molecule has 0 aliphatic heterocycles. The number of rotatable bonds is 4. The minimum atomic E-state index is -0.0639. The number of nitrogens with zero attached hydrogens (tertiary/aromatic N) is 4. The van der Waals surface area contributed by atoms with Crippen LogP contribution in [0, 0.1) is 0 Å². The summed E-state index contributed by atoms with van der Waals surface area (Å²) >= 11 is 7.02. The molecule has 0 spiro atoms. The molecule has 0 radical (unpaired) electrons. The van der Waals surface area contributed by atoms with Gasteiger partial charge in [-0.05, 0) is 74.9 Å². The summed E-state index contributed by atoms with van der Waals surface area (Å²) in [5, 5.41) is 1.98. The van der Waals surface area contributed by atoms with E-state index in [1.807, 2.05) is 45.5 Å². The monoisotopic (exact) mass is 722 g/mol. The van der Waals surface area contributed by atoms with Crippen molar-refractivity contribution in [3.05, 3.63) is 78.7 Å². The highest BCUT2D eigenvalue weighted by molar-refractivity contribution is 9.10. The number of hydrogen-bond acceptors (Lipinski definition) is 6. The van der Waals surface area contributed by atoms with Gasteiger partial charge in [0, 0.05) is 46.0 Å². The van der Waals surface area contributed by atoms with Crippen molar-refractivity contribution in [1.29, 1.82) is 0 Å². The van der Waals surface area contributed by atoms with Crippen LogP contribution in [0.25, 0.3) is 43.9 Å². The van der Waals surface area contributed by atoms with Gasteiger partial charge in [0.05, 0.1) is 57.7 Å². The van der Waals surface area contributed by atoms with Gasteiger partial charge in [-0.25, -0.2) is 9.59 Å². The molecule has 4 heterocycles. The van der Waals surface area contributed by atoms with Crippen LogP contribution in [0.2, 0.25) is 0 Å². The summed E-state index contributed by atoms with van der Waals surface area (Å²) in [6.07, 6.45) is 9.62. The summed E-state index contributed by atoms with van der Waals surface area (Å²) in [4.78, 5) is 39.7. The summed E-state index contributed by atoms with van der Waals surface area (Å²) in [6.45, 7) is 0. The van der Waals surface area contributed by atoms with Gasteiger partial charge in [0.1, 0.15) is 0 Å². The summed E-state index contributed by atoms with van der Waals surface area (Å²) in [6, 6.07) is 12.3. The number of aromatic nitrogens is 6. The summed E-state index contributed by atoms with van der Waals surface area (Å²) in [7, 11) is 3.48. The highest BCUT2D eigenvalue weighted by Gasteiger charge is 2.30. The second-order valence-corrected chi connectivity index (χ2v) is 13.4. The largest absolute Gasteiger partial charge is 0.381 e. The predicted molar refractivity (Wildman–Crippen MR) is 178 cm³/mol. The molecule has 10 nitrogen and oxygen atoms in total. The van der Waals surface area contributed by atoms with E-state index >= 15 is 0 Å². The van der Waals surface area contributed by atoms with Gasteiger partial charge in [-0.3, -0.25) is 19.1 Å². The Morgan fingerprint density at radius 1 is 0.705 bits per heavy atom. The van der Waals surface area contributed by atoms with E-state index in [2.05, 4.69) is 51.8 Å². The summed E-state index contributed by atoms with van der Waals surface area (Å²) in [5.41, 5.74) is 5.12. The Hall–Kier alpha value is -3.32. The first kappa shape index (κ1) is 29.4. The van der Waals surface area contributed by atoms with E-state index in [4.69, 9.17) is 9.47 Å². The molecule has 12 heteroatoms. The smallest absolute Gasteiger partial charge is 0.326 e. The Bertz CT molecular complexity index is 1980. The topological polar surface area (TPSA) is 120 Å². The van der Waals surface area contributed by atoms with Crippen LogP contribution < -0.4 is 11.4 Å². The number of fused-ring (bicyclic) bond motifs is 6. The molecule has 0 amide bonds. The molecule has 4 aromatic heterocycles. The molecule has 8 rings (SSSR count). The molecule has 2 fully saturated rings. The van der Waals surface area contributed by atoms with Crippen molar-refractivity contribution in [3.63, 3.8) is 0 Å². The molecule has 2 N–H and O–H groups in total. The van der Waals surface area contributed by atoms with Crippen LogP contribution in [0.3, 0.4) is 0 Å². The number of hydrogen-bond donors (Lipinski definition) is 2. The molecule has 2 aliphatic rings. The molecule has 2 saturated carbocycles. The average molecular weight is 724 g/mol. The molecule has 44 heavy (non-hydrogen) atoms. The van der Waals surface area contributed by atoms with Gasteiger partial charge >= 0.3 is 11.4 Å². The third-order valence-electron chi connectivity index (χ3n) is 9.12. The zero-order valence-corrected chi connectivity index (χ0v) is 27.5. The summed E-state index contributed by atoms with van der Waals surface area (Å²) < 4.78 is 16.7. The van der Waals surface area contributed by atoms with E-state index in [1.54, 1.807) is 26.6 Å². The van der Waals surface area contributed by atoms with Gasteiger partial charge in [0.15, 0.2) is 0 Å². The van der Waals surface area contributed by atoms with E-state index in [1.165, 1.54) is 0 Å². The number of aromatic amines is 2. The molecule has 0 unspecified atom stereocenters. The standard InChI is InChI=1S/2C16H16BrN3O2/c2*1-22-11-4-3-10(7-11)20-15-12-6-9(17)2-5-13(12)18-8-14(15)19-16(20)21/h2*2,5-6,8,10-11H,3-4,7H2,1H3,(H,19,21)/t2*10-,11-/m10/s1. The Kier molecular flexibility index (Phi) is 7.94. The number of imidazole rings is 2. The first-order valence-corrected chi connectivity index (χ1v) is 16.4. The highest BCUT2D eigenvalue weighted by Crippen LogP contribution is 2.36. The van der Waals surface area contributed by atoms with Crippen LogP contribution in [0.4, 0.5) is 0 Å². The van der Waals surface area contributed by atoms with Gasteiger partial charge in [-0.2, -0.15) is 0 Å². The number of pyridine rings is 2. The number of benzene rings is 2. The quantitative estimate of drug-likeness (QED) is 0.208. The average Bonchev–Trinajstić information content (AvgIpc) is 3.81. The van der Waals surface area contributed by atoms with E-state index in [9.17, 15) is 9.59 Å². The zero-order chi connectivity index (χ0) is 30.5. The molecule has 2 aromatic carbocycles. The fraction of sp³-hybridized carbons (Fsp3) is 0.375. The maximum Gasteiger partial charge on any atom is 0.326 e. The van der Waals surface area contributed by atoms with E-state index < -0.39 is 0 Å². The number of halogens is 2. The lowest BCUT2D eigenvalue weighted by Gasteiger charge is -2.13. The minimum absolute atomic E-state index is 0.0639. The molecule has 228 valence electrons. The fourth-order valence-corrected chi connectivity index (χ4v) is 7.71. The number of H-pyrrole nitrogens is 2. The number of methoxy groups -OCH3 is 2. The van der Waals surface area contributed by atoms with Crippen molar-refractivity contribution in [2.75, 3.05) is 14.2 Å². The molecule has 6 aromatic rings. The third-order valence-corrected chi connectivity index (χ3v) is 10.1. The van der Waals surface area contributed by atoms with Crippen molar-refractivity contribution >= 4 is 75.7 Å². The second-order valence-electron chi connectivity index (χ2n) is 11.6. The van der Waals surface area contributed by atoms with Crippen LogP contribution in [-0.4, -0.2) is 55.5 Å². The first-order valence-electron chi connectivity index (χ1n) is 14.8. The SMILES string of the molecule is CO[C@@H]1CC[C@@H](n2c(=O)[nH]c3cnc4ccc(Br)cc4c32)C1.CO[C@H]1CC[C@H](n2c(=O)[nH]c3cnc4ccc(Br)cc4c32)C1. The molecular weight excluding hydrogens is 692 g/mol. The van der Waals surface area contributed by atoms with Crippen molar-refractivity contribution in [1.82, 2.24) is 29.1 Å². The van der Waals surface area contributed by atoms with Crippen LogP contribution in [-0.2, 0) is 9.47 Å². The van der Waals surface area contributed by atoms with E-state index in [0.29, 0.717) is 0 Å². The van der Waals surface area contributed by atoms with Crippen LogP contribution in [0.15, 0.2) is 67.3 Å². The Morgan fingerprint density at radius 3 is 1.52 bits per heavy atom. The molecule has 4 atom stereocenters. The second kappa shape index (κ2) is 11.9. The van der Waals surface area contributed by atoms with Crippen molar-refractivity contribution < 1.29 is 9.47 Å². The summed E-state index contributed by atoms with van der Waals surface area (Å²) in [5.74, 6) is 0. The molecule has 0 bridgehead atoms. The lowest BCUT2D eigenvalue weighted by atomic mass is 10.1. The third kappa shape index (κ3) is 5.21. The highest BCUT2D eigenvalue weighted by atomic mass is 79.9. The van der Waals surface area contributed by atoms with Crippen LogP contribution in [0.5, 0.6) is 0 Å². The van der Waals surface area contributed by atoms with Gasteiger partial charge in [-0.15, -0.1) is 0 Å². The van der Waals surface area contributed by atoms with Gasteiger partial charge in [0.25, 0.3) is 0 Å². The minimum Gasteiger partial charge on any atom is -0.381 e. The lowest BCUT2D eigenvalue weighted by molar-refractivity contribution is 0.106. The fourth-order valence-electron chi connectivity index (χ4n) is 6.99. The Labute approximate surface area is 269 Å². The Morgan fingerprint density at radius 2 is 1.14 bits per heavy atom. The molecule has 2 aliphatic carbocycles. The van der Waals surface area contributed by atoms with E-state index in [-0.39, 0.29) is 35.7 Å². The van der Waals surface area contributed by atoms with E-state index in [0.717, 1.165) is 91.3 Å².